The number of anilines is 1. The number of guanidine groups is 1. The lowest BCUT2D eigenvalue weighted by Gasteiger charge is -2.02. The van der Waals surface area contributed by atoms with Gasteiger partial charge in [0.25, 0.3) is 0 Å². The second-order valence-electron chi connectivity index (χ2n) is 2.99. The van der Waals surface area contributed by atoms with E-state index in [0.29, 0.717) is 6.54 Å². The van der Waals surface area contributed by atoms with Gasteiger partial charge in [-0.2, -0.15) is 0 Å². The molecule has 5 N–H and O–H groups in total. The van der Waals surface area contributed by atoms with Crippen LogP contribution in [0.3, 0.4) is 0 Å². The molecule has 0 aliphatic heterocycles. The summed E-state index contributed by atoms with van der Waals surface area (Å²) in [4.78, 5) is 3.86. The number of pyridine rings is 1. The van der Waals surface area contributed by atoms with Gasteiger partial charge in [0.2, 0.25) is 0 Å². The van der Waals surface area contributed by atoms with Crippen LogP contribution in [0.4, 0.5) is 5.69 Å². The van der Waals surface area contributed by atoms with Crippen LogP contribution in [0.15, 0.2) is 29.5 Å². The number of aromatic nitrogens is 1. The Bertz CT molecular complexity index is 299. The van der Waals surface area contributed by atoms with Gasteiger partial charge in [0.1, 0.15) is 7.05 Å². The Morgan fingerprint density at radius 3 is 2.64 bits per heavy atom. The maximum atomic E-state index is 5.19. The third-order valence-corrected chi connectivity index (χ3v) is 1.71. The second-order valence-corrected chi connectivity index (χ2v) is 2.99. The monoisotopic (exact) mass is 194 g/mol. The van der Waals surface area contributed by atoms with Gasteiger partial charge < -0.3 is 16.8 Å². The molecule has 5 nitrogen and oxygen atoms in total. The zero-order valence-corrected chi connectivity index (χ0v) is 8.27. The van der Waals surface area contributed by atoms with Gasteiger partial charge in [-0.15, -0.1) is 0 Å². The van der Waals surface area contributed by atoms with E-state index in [1.54, 1.807) is 0 Å². The molecule has 1 aromatic rings. The standard InChI is InChI=1S/C9H15N5/c1-14-6-2-8(3-7-14)12-4-5-13-9(10)11/h2-3,6-7H,4-5H2,1H3,(H4,10,11,13)/p+1. The Kier molecular flexibility index (Phi) is 3.72. The van der Waals surface area contributed by atoms with Gasteiger partial charge in [-0.25, -0.2) is 4.57 Å². The molecular formula is C9H16N5+. The predicted molar refractivity (Wildman–Crippen MR) is 56.8 cm³/mol. The maximum absolute atomic E-state index is 5.19. The van der Waals surface area contributed by atoms with Crippen LogP contribution in [0, 0.1) is 0 Å². The van der Waals surface area contributed by atoms with E-state index in [9.17, 15) is 0 Å². The van der Waals surface area contributed by atoms with Crippen molar-refractivity contribution in [1.82, 2.24) is 0 Å². The molecule has 1 heterocycles. The minimum atomic E-state index is 0.131. The summed E-state index contributed by atoms with van der Waals surface area (Å²) >= 11 is 0. The lowest BCUT2D eigenvalue weighted by molar-refractivity contribution is -0.671. The molecule has 0 aliphatic carbocycles. The van der Waals surface area contributed by atoms with Gasteiger partial charge in [0, 0.05) is 24.4 Å². The van der Waals surface area contributed by atoms with E-state index in [2.05, 4.69) is 10.3 Å². The molecule has 0 radical (unpaired) electrons. The van der Waals surface area contributed by atoms with Crippen LogP contribution in [0.25, 0.3) is 0 Å². The number of nitrogens with two attached hydrogens (primary N) is 2. The van der Waals surface area contributed by atoms with Crippen molar-refractivity contribution in [3.05, 3.63) is 24.5 Å². The Balaban J connectivity index is 2.32. The van der Waals surface area contributed by atoms with Gasteiger partial charge in [-0.3, -0.25) is 4.99 Å². The molecule has 0 saturated carbocycles. The molecule has 0 unspecified atom stereocenters. The quantitative estimate of drug-likeness (QED) is 0.254. The molecular weight excluding hydrogens is 178 g/mol. The van der Waals surface area contributed by atoms with Crippen molar-refractivity contribution in [3.63, 3.8) is 0 Å². The summed E-state index contributed by atoms with van der Waals surface area (Å²) in [5, 5.41) is 3.20. The lowest BCUT2D eigenvalue weighted by Crippen LogP contribution is -2.26. The SMILES string of the molecule is C[n+]1ccc(NCCN=C(N)N)cc1. The first-order valence-corrected chi connectivity index (χ1v) is 4.43. The molecule has 0 bridgehead atoms. The molecule has 5 heteroatoms. The van der Waals surface area contributed by atoms with Crippen molar-refractivity contribution in [2.75, 3.05) is 18.4 Å². The third-order valence-electron chi connectivity index (χ3n) is 1.71. The number of rotatable bonds is 4. The van der Waals surface area contributed by atoms with Crippen molar-refractivity contribution in [2.45, 2.75) is 0 Å². The fourth-order valence-corrected chi connectivity index (χ4v) is 1.00. The van der Waals surface area contributed by atoms with Gasteiger partial charge in [0.05, 0.1) is 6.54 Å². The highest BCUT2D eigenvalue weighted by atomic mass is 15.0. The van der Waals surface area contributed by atoms with Crippen LogP contribution in [0.1, 0.15) is 0 Å². The molecule has 0 saturated heterocycles. The summed E-state index contributed by atoms with van der Waals surface area (Å²) in [5.41, 5.74) is 11.4. The third kappa shape index (κ3) is 3.75. The minimum absolute atomic E-state index is 0.131. The highest BCUT2D eigenvalue weighted by Crippen LogP contribution is 2.00. The van der Waals surface area contributed by atoms with E-state index in [0.717, 1.165) is 12.2 Å². The number of hydrogen-bond donors (Lipinski definition) is 3. The molecule has 0 aliphatic rings. The van der Waals surface area contributed by atoms with Crippen LogP contribution < -0.4 is 21.4 Å². The number of nitrogens with zero attached hydrogens (tertiary/aromatic N) is 2. The predicted octanol–water partition coefficient (Wildman–Crippen LogP) is -0.804. The van der Waals surface area contributed by atoms with Crippen molar-refractivity contribution in [3.8, 4) is 0 Å². The Labute approximate surface area is 83.4 Å². The molecule has 0 amide bonds. The van der Waals surface area contributed by atoms with Gasteiger partial charge >= 0.3 is 0 Å². The summed E-state index contributed by atoms with van der Waals surface area (Å²) in [6.07, 6.45) is 3.95. The molecule has 0 aromatic carbocycles. The van der Waals surface area contributed by atoms with Crippen molar-refractivity contribution >= 4 is 11.6 Å². The first-order valence-electron chi connectivity index (χ1n) is 4.43. The van der Waals surface area contributed by atoms with Gasteiger partial charge in [-0.1, -0.05) is 0 Å². The van der Waals surface area contributed by atoms with E-state index < -0.39 is 0 Å². The van der Waals surface area contributed by atoms with Crippen LogP contribution in [0.2, 0.25) is 0 Å². The van der Waals surface area contributed by atoms with Crippen molar-refractivity contribution in [1.29, 1.82) is 0 Å². The van der Waals surface area contributed by atoms with Crippen LogP contribution in [-0.4, -0.2) is 19.0 Å². The van der Waals surface area contributed by atoms with Crippen molar-refractivity contribution < 1.29 is 4.57 Å². The minimum Gasteiger partial charge on any atom is -0.383 e. The fraction of sp³-hybridized carbons (Fsp3) is 0.333. The molecule has 0 spiro atoms. The van der Waals surface area contributed by atoms with E-state index >= 15 is 0 Å². The second kappa shape index (κ2) is 5.06. The summed E-state index contributed by atoms with van der Waals surface area (Å²) in [6.45, 7) is 1.31. The van der Waals surface area contributed by atoms with E-state index in [1.165, 1.54) is 0 Å². The molecule has 1 rings (SSSR count). The van der Waals surface area contributed by atoms with Crippen molar-refractivity contribution in [2.24, 2.45) is 23.5 Å². The van der Waals surface area contributed by atoms with Crippen LogP contribution >= 0.6 is 0 Å². The lowest BCUT2D eigenvalue weighted by atomic mass is 10.4. The number of aryl methyl sites for hydroxylation is 1. The van der Waals surface area contributed by atoms with Gasteiger partial charge in [-0.05, 0) is 0 Å². The van der Waals surface area contributed by atoms with Crippen LogP contribution in [-0.2, 0) is 7.05 Å². The van der Waals surface area contributed by atoms with Crippen LogP contribution in [0.5, 0.6) is 0 Å². The molecule has 14 heavy (non-hydrogen) atoms. The number of nitrogens with one attached hydrogen (secondary N) is 1. The smallest absolute Gasteiger partial charge is 0.185 e. The Morgan fingerprint density at radius 1 is 1.43 bits per heavy atom. The zero-order valence-electron chi connectivity index (χ0n) is 8.27. The summed E-state index contributed by atoms with van der Waals surface area (Å²) in [7, 11) is 1.98. The molecule has 0 atom stereocenters. The largest absolute Gasteiger partial charge is 0.383 e. The topological polar surface area (TPSA) is 80.3 Å². The summed E-state index contributed by atoms with van der Waals surface area (Å²) < 4.78 is 1.97. The normalized spacial score (nSPS) is 9.50. The highest BCUT2D eigenvalue weighted by molar-refractivity contribution is 5.75. The fourth-order valence-electron chi connectivity index (χ4n) is 1.00. The van der Waals surface area contributed by atoms with E-state index in [-0.39, 0.29) is 5.96 Å². The van der Waals surface area contributed by atoms with E-state index in [1.807, 2.05) is 36.1 Å². The molecule has 1 aromatic heterocycles. The summed E-state index contributed by atoms with van der Waals surface area (Å²) in [6, 6.07) is 3.99. The maximum Gasteiger partial charge on any atom is 0.185 e. The average Bonchev–Trinajstić information content (AvgIpc) is 2.15. The van der Waals surface area contributed by atoms with E-state index in [4.69, 9.17) is 11.5 Å². The molecule has 0 fully saturated rings. The number of aliphatic imine (C=N–C) groups is 1. The number of hydrogen-bond acceptors (Lipinski definition) is 2. The first-order chi connectivity index (χ1) is 6.68. The summed E-state index contributed by atoms with van der Waals surface area (Å²) in [5.74, 6) is 0.131. The highest BCUT2D eigenvalue weighted by Gasteiger charge is 1.93. The zero-order chi connectivity index (χ0) is 10.4. The first kappa shape index (κ1) is 10.3. The Morgan fingerprint density at radius 2 is 2.07 bits per heavy atom. The van der Waals surface area contributed by atoms with Gasteiger partial charge in [0.15, 0.2) is 18.4 Å². The average molecular weight is 194 g/mol. The molecule has 76 valence electrons. The Hall–Kier alpha value is -1.78.